The number of allylic oxidation sites excluding steroid dienone is 4. The molecule has 3 aromatic rings. The predicted molar refractivity (Wildman–Crippen MR) is 144 cm³/mol. The zero-order valence-electron chi connectivity index (χ0n) is 22.0. The van der Waals surface area contributed by atoms with E-state index in [0.29, 0.717) is 9.54 Å². The summed E-state index contributed by atoms with van der Waals surface area (Å²) in [5.41, 5.74) is 10.5. The summed E-state index contributed by atoms with van der Waals surface area (Å²) in [6.07, 6.45) is 7.75. The van der Waals surface area contributed by atoms with Crippen LogP contribution in [0.3, 0.4) is 0 Å². The van der Waals surface area contributed by atoms with Crippen LogP contribution in [0.25, 0.3) is 11.1 Å². The molecule has 0 saturated heterocycles. The number of hydrogen-bond donors (Lipinski definition) is 0. The van der Waals surface area contributed by atoms with Crippen LogP contribution in [0.5, 0.6) is 0 Å². The molecule has 5 rings (SSSR count). The Morgan fingerprint density at radius 3 is 1.89 bits per heavy atom. The standard InChI is InChI=1S/C13H9.C12H19.C8H8.2ClH.Zr/c1-3-7-12-10(5-1)9-11-6-2-4-8-13(11)12;1-5-6-10-7-8-11(9-10)12(2,3)4;1-7-3-5-8(2)6-4-7;;;/h1-9H;8-10H,5-6H2,1-4H3;1,3-6H,2H3;2*1H;/q;;;;;+2/p-2. The van der Waals surface area contributed by atoms with Gasteiger partial charge in [-0.1, -0.05) is 0 Å². The SMILES string of the molecule is CCCC1C=C(C(C)(C)C)C=[C]1/[Zr+2](=[CH]\c1ccc(C)cc1)[CH]1c2ccccc2-c2ccccc21.[Cl-].[Cl-]. The minimum absolute atomic E-state index is 0. The van der Waals surface area contributed by atoms with Crippen LogP contribution in [0.1, 0.15) is 66.4 Å². The molecule has 186 valence electrons. The van der Waals surface area contributed by atoms with Gasteiger partial charge in [0.15, 0.2) is 0 Å². The third-order valence-corrected chi connectivity index (χ3v) is 15.0. The van der Waals surface area contributed by atoms with E-state index in [9.17, 15) is 0 Å². The van der Waals surface area contributed by atoms with E-state index in [-0.39, 0.29) is 30.2 Å². The van der Waals surface area contributed by atoms with Gasteiger partial charge in [-0.25, -0.2) is 0 Å². The van der Waals surface area contributed by atoms with Crippen molar-refractivity contribution >= 4 is 3.71 Å². The zero-order valence-corrected chi connectivity index (χ0v) is 26.0. The average Bonchev–Trinajstić information content (AvgIpc) is 3.39. The second-order valence-corrected chi connectivity index (χ2v) is 16.8. The predicted octanol–water partition coefficient (Wildman–Crippen LogP) is 2.83. The normalized spacial score (nSPS) is 16.4. The van der Waals surface area contributed by atoms with E-state index in [0.717, 1.165) is 0 Å². The summed E-state index contributed by atoms with van der Waals surface area (Å²) in [6.45, 7) is 11.6. The van der Waals surface area contributed by atoms with Crippen LogP contribution in [-0.2, 0) is 21.3 Å². The first-order valence-electron chi connectivity index (χ1n) is 12.8. The fraction of sp³-hybridized carbons (Fsp3) is 0.303. The van der Waals surface area contributed by atoms with Gasteiger partial charge in [-0.05, 0) is 0 Å². The molecule has 0 nitrogen and oxygen atoms in total. The Morgan fingerprint density at radius 1 is 0.806 bits per heavy atom. The molecule has 0 heterocycles. The Kier molecular flexibility index (Phi) is 9.59. The van der Waals surface area contributed by atoms with E-state index in [2.05, 4.69) is 123 Å². The number of benzene rings is 3. The Balaban J connectivity index is 0.00000180. The molecule has 0 bridgehead atoms. The summed E-state index contributed by atoms with van der Waals surface area (Å²) in [7, 11) is 0. The topological polar surface area (TPSA) is 0 Å². The van der Waals surface area contributed by atoms with Crippen LogP contribution < -0.4 is 24.8 Å². The summed E-state index contributed by atoms with van der Waals surface area (Å²) < 4.78 is 5.07. The second kappa shape index (κ2) is 11.9. The van der Waals surface area contributed by atoms with Gasteiger partial charge in [-0.15, -0.1) is 0 Å². The van der Waals surface area contributed by atoms with Gasteiger partial charge in [0.25, 0.3) is 0 Å². The van der Waals surface area contributed by atoms with Crippen LogP contribution in [0, 0.1) is 18.3 Å². The Hall–Kier alpha value is -1.53. The molecule has 0 amide bonds. The van der Waals surface area contributed by atoms with Crippen LogP contribution >= 0.6 is 0 Å². The van der Waals surface area contributed by atoms with E-state index in [1.54, 1.807) is 14.4 Å². The number of rotatable bonds is 5. The zero-order chi connectivity index (χ0) is 23.9. The molecular weight excluding hydrogens is 558 g/mol. The van der Waals surface area contributed by atoms with Crippen molar-refractivity contribution in [3.8, 4) is 11.1 Å². The molecule has 3 aromatic carbocycles. The molecule has 3 heteroatoms. The van der Waals surface area contributed by atoms with Gasteiger partial charge < -0.3 is 24.8 Å². The molecule has 2 aliphatic rings. The molecule has 0 aromatic heterocycles. The maximum absolute atomic E-state index is 2.75. The van der Waals surface area contributed by atoms with Crippen LogP contribution in [0.15, 0.2) is 93.8 Å². The second-order valence-electron chi connectivity index (χ2n) is 11.0. The molecule has 0 spiro atoms. The van der Waals surface area contributed by atoms with Crippen LogP contribution in [0.2, 0.25) is 0 Å². The number of hydrogen-bond acceptors (Lipinski definition) is 0. The van der Waals surface area contributed by atoms with Crippen molar-refractivity contribution in [2.75, 3.05) is 0 Å². The molecule has 36 heavy (non-hydrogen) atoms. The van der Waals surface area contributed by atoms with Crippen molar-refractivity contribution in [2.45, 2.75) is 51.1 Å². The van der Waals surface area contributed by atoms with Gasteiger partial charge in [-0.2, -0.15) is 0 Å². The number of aryl methyl sites for hydroxylation is 1. The molecule has 0 aliphatic heterocycles. The molecule has 2 aliphatic carbocycles. The fourth-order valence-electron chi connectivity index (χ4n) is 5.61. The summed E-state index contributed by atoms with van der Waals surface area (Å²) in [5, 5.41) is 0. The number of fused-ring (bicyclic) bond motifs is 3. The first-order valence-corrected chi connectivity index (χ1v) is 16.8. The van der Waals surface area contributed by atoms with Crippen LogP contribution in [0.4, 0.5) is 0 Å². The Bertz CT molecular complexity index is 1260. The van der Waals surface area contributed by atoms with Crippen LogP contribution in [-0.4, -0.2) is 3.71 Å². The minimum Gasteiger partial charge on any atom is -1.00 e. The van der Waals surface area contributed by atoms with E-state index in [4.69, 9.17) is 0 Å². The Morgan fingerprint density at radius 2 is 1.36 bits per heavy atom. The summed E-state index contributed by atoms with van der Waals surface area (Å²) in [6, 6.07) is 27.6. The van der Waals surface area contributed by atoms with Gasteiger partial charge in [0.1, 0.15) is 0 Å². The average molecular weight is 595 g/mol. The minimum atomic E-state index is -2.36. The van der Waals surface area contributed by atoms with Crippen molar-refractivity contribution in [1.82, 2.24) is 0 Å². The van der Waals surface area contributed by atoms with E-state index >= 15 is 0 Å². The summed E-state index contributed by atoms with van der Waals surface area (Å²) in [4.78, 5) is 0. The van der Waals surface area contributed by atoms with Gasteiger partial charge in [-0.3, -0.25) is 0 Å². The molecular formula is C33H36Cl2Zr. The van der Waals surface area contributed by atoms with Crippen molar-refractivity contribution in [3.63, 3.8) is 0 Å². The van der Waals surface area contributed by atoms with Gasteiger partial charge >= 0.3 is 215 Å². The molecule has 0 saturated carbocycles. The quantitative estimate of drug-likeness (QED) is 0.427. The van der Waals surface area contributed by atoms with E-state index in [1.807, 2.05) is 0 Å². The smallest absolute Gasteiger partial charge is 1.00 e. The third-order valence-electron chi connectivity index (χ3n) is 7.43. The molecule has 1 atom stereocenters. The monoisotopic (exact) mass is 592 g/mol. The molecule has 0 N–H and O–H groups in total. The molecule has 0 radical (unpaired) electrons. The first kappa shape index (κ1) is 29.0. The van der Waals surface area contributed by atoms with Gasteiger partial charge in [0.2, 0.25) is 0 Å². The van der Waals surface area contributed by atoms with Gasteiger partial charge in [0, 0.05) is 0 Å². The fourth-order valence-corrected chi connectivity index (χ4v) is 13.9. The van der Waals surface area contributed by atoms with E-state index < -0.39 is 21.3 Å². The maximum atomic E-state index is 2.75. The van der Waals surface area contributed by atoms with E-state index in [1.165, 1.54) is 40.7 Å². The van der Waals surface area contributed by atoms with Crippen molar-refractivity contribution in [1.29, 1.82) is 0 Å². The first-order chi connectivity index (χ1) is 16.4. The van der Waals surface area contributed by atoms with Crippen molar-refractivity contribution in [2.24, 2.45) is 11.3 Å². The third kappa shape index (κ3) is 5.65. The molecule has 0 fully saturated rings. The largest absolute Gasteiger partial charge is 1.00 e. The molecule has 1 unspecified atom stereocenters. The van der Waals surface area contributed by atoms with Gasteiger partial charge in [0.05, 0.1) is 0 Å². The Labute approximate surface area is 237 Å². The summed E-state index contributed by atoms with van der Waals surface area (Å²) >= 11 is -2.36. The number of halogens is 2. The van der Waals surface area contributed by atoms with Crippen molar-refractivity contribution in [3.05, 3.63) is 116 Å². The summed E-state index contributed by atoms with van der Waals surface area (Å²) in [5.74, 6) is 0.593. The van der Waals surface area contributed by atoms with Crippen molar-refractivity contribution < 1.29 is 46.1 Å². The maximum Gasteiger partial charge on any atom is -1.00 e.